The van der Waals surface area contributed by atoms with Crippen molar-refractivity contribution in [1.82, 2.24) is 19.4 Å². The number of amides is 1. The maximum absolute atomic E-state index is 13.5. The number of benzene rings is 3. The molecule has 0 bridgehead atoms. The summed E-state index contributed by atoms with van der Waals surface area (Å²) in [5.41, 5.74) is 4.38. The van der Waals surface area contributed by atoms with Gasteiger partial charge in [0, 0.05) is 11.9 Å². The smallest absolute Gasteiger partial charge is 0.278 e. The van der Waals surface area contributed by atoms with Crippen LogP contribution in [0.3, 0.4) is 0 Å². The second-order valence-corrected chi connectivity index (χ2v) is 8.37. The van der Waals surface area contributed by atoms with Gasteiger partial charge in [0.15, 0.2) is 0 Å². The van der Waals surface area contributed by atoms with E-state index in [1.54, 1.807) is 27.6 Å². The van der Waals surface area contributed by atoms with Crippen molar-refractivity contribution in [3.63, 3.8) is 0 Å². The van der Waals surface area contributed by atoms with Gasteiger partial charge < -0.3 is 9.88 Å². The van der Waals surface area contributed by atoms with Crippen LogP contribution in [0.4, 0.5) is 4.39 Å². The Labute approximate surface area is 195 Å². The molecule has 34 heavy (non-hydrogen) atoms. The molecule has 5 aromatic rings. The molecule has 0 aliphatic carbocycles. The van der Waals surface area contributed by atoms with Crippen LogP contribution in [0.1, 0.15) is 16.7 Å². The molecule has 2 aromatic heterocycles. The first-order chi connectivity index (χ1) is 16.5. The quantitative estimate of drug-likeness (QED) is 0.419. The van der Waals surface area contributed by atoms with Crippen LogP contribution in [0.5, 0.6) is 0 Å². The van der Waals surface area contributed by atoms with Gasteiger partial charge >= 0.3 is 0 Å². The van der Waals surface area contributed by atoms with Crippen molar-refractivity contribution < 1.29 is 9.18 Å². The average Bonchev–Trinajstić information content (AvgIpc) is 3.14. The lowest BCUT2D eigenvalue weighted by Gasteiger charge is -2.10. The minimum atomic E-state index is -0.324. The molecule has 0 aliphatic heterocycles. The second kappa shape index (κ2) is 8.94. The molecule has 170 valence electrons. The van der Waals surface area contributed by atoms with E-state index in [-0.39, 0.29) is 30.4 Å². The zero-order chi connectivity index (χ0) is 23.7. The maximum Gasteiger partial charge on any atom is 0.278 e. The lowest BCUT2D eigenvalue weighted by molar-refractivity contribution is -0.121. The molecular formula is C27H23FN4O2. The predicted octanol–water partition coefficient (Wildman–Crippen LogP) is 4.16. The van der Waals surface area contributed by atoms with Gasteiger partial charge in [0.05, 0.1) is 18.4 Å². The number of halogens is 1. The minimum absolute atomic E-state index is 0.0312. The van der Waals surface area contributed by atoms with E-state index >= 15 is 0 Å². The van der Waals surface area contributed by atoms with Crippen LogP contribution >= 0.6 is 0 Å². The Bertz CT molecular complexity index is 1550. The van der Waals surface area contributed by atoms with Crippen LogP contribution in [-0.4, -0.2) is 20.0 Å². The van der Waals surface area contributed by atoms with Gasteiger partial charge in [0.2, 0.25) is 5.91 Å². The van der Waals surface area contributed by atoms with Crippen molar-refractivity contribution in [3.05, 3.63) is 112 Å². The summed E-state index contributed by atoms with van der Waals surface area (Å²) in [6.07, 6.45) is 1.57. The van der Waals surface area contributed by atoms with Gasteiger partial charge in [-0.2, -0.15) is 0 Å². The Morgan fingerprint density at radius 1 is 1.00 bits per heavy atom. The van der Waals surface area contributed by atoms with Gasteiger partial charge in [-0.25, -0.2) is 9.37 Å². The molecule has 7 heteroatoms. The molecule has 3 aromatic carbocycles. The lowest BCUT2D eigenvalue weighted by atomic mass is 10.1. The van der Waals surface area contributed by atoms with Crippen molar-refractivity contribution in [2.45, 2.75) is 26.6 Å². The molecule has 1 amide bonds. The summed E-state index contributed by atoms with van der Waals surface area (Å²) in [5, 5.41) is 3.70. The number of hydrogen-bond donors (Lipinski definition) is 1. The van der Waals surface area contributed by atoms with E-state index in [1.807, 2.05) is 55.5 Å². The van der Waals surface area contributed by atoms with Gasteiger partial charge in [0.25, 0.3) is 5.56 Å². The molecule has 6 nitrogen and oxygen atoms in total. The normalized spacial score (nSPS) is 11.2. The fraction of sp³-hybridized carbons (Fsp3) is 0.148. The predicted molar refractivity (Wildman–Crippen MR) is 130 cm³/mol. The highest BCUT2D eigenvalue weighted by atomic mass is 19.1. The van der Waals surface area contributed by atoms with Crippen LogP contribution in [0.2, 0.25) is 0 Å². The molecule has 0 spiro atoms. The Morgan fingerprint density at radius 3 is 2.53 bits per heavy atom. The number of carbonyl (C=O) groups is 1. The van der Waals surface area contributed by atoms with Crippen LogP contribution in [0.15, 0.2) is 83.9 Å². The topological polar surface area (TPSA) is 68.9 Å². The van der Waals surface area contributed by atoms with Crippen molar-refractivity contribution in [1.29, 1.82) is 0 Å². The third-order valence-electron chi connectivity index (χ3n) is 5.88. The standard InChI is InChI=1S/C27H23FN4O2/c1-18-7-12-23-22(13-18)25-26(27(34)31(17-30-25)15-20-5-3-2-4-6-20)32(23)16-24(33)29-14-19-8-10-21(28)11-9-19/h2-13,17H,14-16H2,1H3,(H,29,33). The fourth-order valence-corrected chi connectivity index (χ4v) is 4.17. The van der Waals surface area contributed by atoms with Crippen LogP contribution in [0, 0.1) is 12.7 Å². The average molecular weight is 455 g/mol. The number of carbonyl (C=O) groups excluding carboxylic acids is 1. The Hall–Kier alpha value is -4.26. The fourth-order valence-electron chi connectivity index (χ4n) is 4.17. The van der Waals surface area contributed by atoms with E-state index in [1.165, 1.54) is 12.1 Å². The summed E-state index contributed by atoms with van der Waals surface area (Å²) in [6, 6.07) is 21.5. The van der Waals surface area contributed by atoms with E-state index in [4.69, 9.17) is 0 Å². The lowest BCUT2D eigenvalue weighted by Crippen LogP contribution is -2.29. The van der Waals surface area contributed by atoms with Crippen molar-refractivity contribution in [2.75, 3.05) is 0 Å². The molecule has 0 fully saturated rings. The molecular weight excluding hydrogens is 431 g/mol. The number of nitrogens with zero attached hydrogens (tertiary/aromatic N) is 3. The Kier molecular flexibility index (Phi) is 5.67. The van der Waals surface area contributed by atoms with Gasteiger partial charge in [-0.15, -0.1) is 0 Å². The van der Waals surface area contributed by atoms with Crippen molar-refractivity contribution in [3.8, 4) is 0 Å². The van der Waals surface area contributed by atoms with E-state index < -0.39 is 0 Å². The zero-order valence-corrected chi connectivity index (χ0v) is 18.7. The monoisotopic (exact) mass is 454 g/mol. The summed E-state index contributed by atoms with van der Waals surface area (Å²) in [5.74, 6) is -0.573. The maximum atomic E-state index is 13.5. The SMILES string of the molecule is Cc1ccc2c(c1)c1ncn(Cc3ccccc3)c(=O)c1n2CC(=O)NCc1ccc(F)cc1. The molecule has 0 aliphatic rings. The third kappa shape index (κ3) is 4.20. The number of hydrogen-bond acceptors (Lipinski definition) is 3. The van der Waals surface area contributed by atoms with Gasteiger partial charge in [-0.1, -0.05) is 54.1 Å². The molecule has 0 saturated carbocycles. The number of rotatable bonds is 6. The summed E-state index contributed by atoms with van der Waals surface area (Å²) < 4.78 is 16.4. The summed E-state index contributed by atoms with van der Waals surface area (Å²) >= 11 is 0. The molecule has 0 radical (unpaired) electrons. The number of aryl methyl sites for hydroxylation is 1. The van der Waals surface area contributed by atoms with Crippen molar-refractivity contribution >= 4 is 27.8 Å². The number of aromatic nitrogens is 3. The minimum Gasteiger partial charge on any atom is -0.350 e. The summed E-state index contributed by atoms with van der Waals surface area (Å²) in [4.78, 5) is 31.0. The molecule has 2 heterocycles. The second-order valence-electron chi connectivity index (χ2n) is 8.37. The number of fused-ring (bicyclic) bond motifs is 3. The highest BCUT2D eigenvalue weighted by Crippen LogP contribution is 2.26. The highest BCUT2D eigenvalue weighted by Gasteiger charge is 2.18. The van der Waals surface area contributed by atoms with Crippen LogP contribution < -0.4 is 10.9 Å². The largest absolute Gasteiger partial charge is 0.350 e. The molecule has 5 rings (SSSR count). The first-order valence-electron chi connectivity index (χ1n) is 11.0. The van der Waals surface area contributed by atoms with Crippen LogP contribution in [0.25, 0.3) is 21.9 Å². The first-order valence-corrected chi connectivity index (χ1v) is 11.0. The highest BCUT2D eigenvalue weighted by molar-refractivity contribution is 6.06. The molecule has 1 N–H and O–H groups in total. The van der Waals surface area contributed by atoms with E-state index in [9.17, 15) is 14.0 Å². The van der Waals surface area contributed by atoms with Gasteiger partial charge in [-0.3, -0.25) is 14.2 Å². The van der Waals surface area contributed by atoms with E-state index in [2.05, 4.69) is 10.3 Å². The third-order valence-corrected chi connectivity index (χ3v) is 5.88. The molecule has 0 atom stereocenters. The molecule has 0 saturated heterocycles. The van der Waals surface area contributed by atoms with Crippen molar-refractivity contribution in [2.24, 2.45) is 0 Å². The van der Waals surface area contributed by atoms with Gasteiger partial charge in [0.1, 0.15) is 23.4 Å². The first kappa shape index (κ1) is 21.6. The Balaban J connectivity index is 1.53. The number of nitrogens with one attached hydrogen (secondary N) is 1. The zero-order valence-electron chi connectivity index (χ0n) is 18.7. The van der Waals surface area contributed by atoms with Gasteiger partial charge in [-0.05, 0) is 42.3 Å². The summed E-state index contributed by atoms with van der Waals surface area (Å²) in [6.45, 7) is 2.61. The van der Waals surface area contributed by atoms with E-state index in [0.717, 1.165) is 27.6 Å². The van der Waals surface area contributed by atoms with Crippen LogP contribution in [-0.2, 0) is 24.4 Å². The molecule has 0 unspecified atom stereocenters. The van der Waals surface area contributed by atoms with E-state index in [0.29, 0.717) is 17.6 Å². The Morgan fingerprint density at radius 2 is 1.76 bits per heavy atom. The summed E-state index contributed by atoms with van der Waals surface area (Å²) in [7, 11) is 0.